The van der Waals surface area contributed by atoms with Crippen LogP contribution < -0.4 is 15.8 Å². The Bertz CT molecular complexity index is 355. The molecule has 0 atom stereocenters. The van der Waals surface area contributed by atoms with E-state index >= 15 is 0 Å². The van der Waals surface area contributed by atoms with Crippen molar-refractivity contribution >= 4 is 28.5 Å². The Labute approximate surface area is 121 Å². The lowest BCUT2D eigenvalue weighted by Crippen LogP contribution is -2.26. The Morgan fingerprint density at radius 2 is 2.00 bits per heavy atom. The third kappa shape index (κ3) is 6.80. The van der Waals surface area contributed by atoms with E-state index in [9.17, 15) is 4.79 Å². The molecule has 5 heteroatoms. The lowest BCUT2D eigenvalue weighted by molar-refractivity contribution is -0.121. The number of benzene rings is 1. The lowest BCUT2D eigenvalue weighted by atomic mass is 10.3. The highest BCUT2D eigenvalue weighted by Gasteiger charge is 2.00. The molecule has 0 radical (unpaired) electrons. The first-order valence-electron chi connectivity index (χ1n) is 6.07. The van der Waals surface area contributed by atoms with Gasteiger partial charge in [0.1, 0.15) is 5.75 Å². The number of hydrogen-bond donors (Lipinski definition) is 2. The van der Waals surface area contributed by atoms with Gasteiger partial charge in [0.15, 0.2) is 0 Å². The summed E-state index contributed by atoms with van der Waals surface area (Å²) in [6.45, 7) is 1.83. The van der Waals surface area contributed by atoms with Crippen molar-refractivity contribution in [2.45, 2.75) is 19.3 Å². The van der Waals surface area contributed by atoms with Gasteiger partial charge in [-0.25, -0.2) is 0 Å². The first-order valence-corrected chi connectivity index (χ1v) is 7.15. The van der Waals surface area contributed by atoms with Gasteiger partial charge in [-0.3, -0.25) is 4.79 Å². The number of nitrogens with one attached hydrogen (secondary N) is 1. The average molecular weight is 362 g/mol. The molecule has 0 saturated heterocycles. The molecule has 0 bridgehead atoms. The Kier molecular flexibility index (Phi) is 7.75. The van der Waals surface area contributed by atoms with Crippen molar-refractivity contribution in [2.75, 3.05) is 19.7 Å². The van der Waals surface area contributed by atoms with E-state index in [1.165, 1.54) is 3.57 Å². The Morgan fingerprint density at radius 3 is 2.67 bits per heavy atom. The zero-order valence-electron chi connectivity index (χ0n) is 10.3. The molecule has 1 aromatic carbocycles. The van der Waals surface area contributed by atoms with Crippen LogP contribution in [0, 0.1) is 3.57 Å². The number of amides is 1. The van der Waals surface area contributed by atoms with Crippen LogP contribution in [-0.4, -0.2) is 25.6 Å². The number of hydrogen-bond acceptors (Lipinski definition) is 3. The maximum atomic E-state index is 11.4. The van der Waals surface area contributed by atoms with Crippen molar-refractivity contribution in [3.63, 3.8) is 0 Å². The van der Waals surface area contributed by atoms with Crippen LogP contribution >= 0.6 is 22.6 Å². The van der Waals surface area contributed by atoms with Gasteiger partial charge in [-0.05, 0) is 66.2 Å². The van der Waals surface area contributed by atoms with Crippen molar-refractivity contribution in [3.05, 3.63) is 27.8 Å². The van der Waals surface area contributed by atoms with Crippen LogP contribution in [0.3, 0.4) is 0 Å². The number of nitrogens with two attached hydrogens (primary N) is 1. The molecule has 1 amide bonds. The number of ether oxygens (including phenoxy) is 1. The topological polar surface area (TPSA) is 64.3 Å². The maximum absolute atomic E-state index is 11.4. The second kappa shape index (κ2) is 9.16. The molecular formula is C13H19IN2O2. The Hall–Kier alpha value is -0.820. The lowest BCUT2D eigenvalue weighted by Gasteiger charge is -2.06. The molecule has 3 N–H and O–H groups in total. The van der Waals surface area contributed by atoms with E-state index < -0.39 is 0 Å². The summed E-state index contributed by atoms with van der Waals surface area (Å²) in [5, 5.41) is 2.81. The summed E-state index contributed by atoms with van der Waals surface area (Å²) in [5.74, 6) is 0.911. The van der Waals surface area contributed by atoms with E-state index in [4.69, 9.17) is 10.5 Å². The van der Waals surface area contributed by atoms with Crippen LogP contribution in [0.5, 0.6) is 5.75 Å². The zero-order chi connectivity index (χ0) is 13.2. The fourth-order valence-corrected chi connectivity index (χ4v) is 1.73. The van der Waals surface area contributed by atoms with E-state index in [0.29, 0.717) is 26.1 Å². The normalized spacial score (nSPS) is 10.1. The molecule has 0 aromatic heterocycles. The summed E-state index contributed by atoms with van der Waals surface area (Å²) in [6, 6.07) is 7.86. The Balaban J connectivity index is 2.07. The van der Waals surface area contributed by atoms with Gasteiger partial charge in [0.2, 0.25) is 5.91 Å². The SMILES string of the molecule is NCCCNC(=O)CCCOc1ccc(I)cc1. The Morgan fingerprint density at radius 1 is 1.28 bits per heavy atom. The number of rotatable bonds is 8. The second-order valence-corrected chi connectivity index (χ2v) is 5.14. The monoisotopic (exact) mass is 362 g/mol. The summed E-state index contributed by atoms with van der Waals surface area (Å²) in [6.07, 6.45) is 2.04. The van der Waals surface area contributed by atoms with Crippen LogP contribution in [0.2, 0.25) is 0 Å². The maximum Gasteiger partial charge on any atom is 0.220 e. The van der Waals surface area contributed by atoms with Crippen molar-refractivity contribution in [1.29, 1.82) is 0 Å². The molecule has 0 aliphatic heterocycles. The van der Waals surface area contributed by atoms with E-state index in [0.717, 1.165) is 18.6 Å². The van der Waals surface area contributed by atoms with Crippen molar-refractivity contribution in [3.8, 4) is 5.75 Å². The van der Waals surface area contributed by atoms with Crippen LogP contribution in [0.1, 0.15) is 19.3 Å². The molecule has 0 unspecified atom stereocenters. The molecule has 4 nitrogen and oxygen atoms in total. The van der Waals surface area contributed by atoms with E-state index in [-0.39, 0.29) is 5.91 Å². The van der Waals surface area contributed by atoms with Crippen LogP contribution in [0.4, 0.5) is 0 Å². The van der Waals surface area contributed by atoms with Crippen LogP contribution in [0.15, 0.2) is 24.3 Å². The smallest absolute Gasteiger partial charge is 0.220 e. The molecule has 100 valence electrons. The summed E-state index contributed by atoms with van der Waals surface area (Å²) >= 11 is 2.25. The van der Waals surface area contributed by atoms with E-state index in [2.05, 4.69) is 27.9 Å². The molecule has 18 heavy (non-hydrogen) atoms. The number of carbonyl (C=O) groups excluding carboxylic acids is 1. The highest BCUT2D eigenvalue weighted by atomic mass is 127. The highest BCUT2D eigenvalue weighted by Crippen LogP contribution is 2.13. The van der Waals surface area contributed by atoms with Gasteiger partial charge in [-0.2, -0.15) is 0 Å². The van der Waals surface area contributed by atoms with Gasteiger partial charge in [-0.15, -0.1) is 0 Å². The molecule has 0 saturated carbocycles. The molecule has 0 aliphatic carbocycles. The van der Waals surface area contributed by atoms with Gasteiger partial charge >= 0.3 is 0 Å². The first kappa shape index (κ1) is 15.2. The number of halogens is 1. The largest absolute Gasteiger partial charge is 0.494 e. The highest BCUT2D eigenvalue weighted by molar-refractivity contribution is 14.1. The molecule has 0 spiro atoms. The molecular weight excluding hydrogens is 343 g/mol. The van der Waals surface area contributed by atoms with Crippen LogP contribution in [-0.2, 0) is 4.79 Å². The third-order valence-electron chi connectivity index (χ3n) is 2.33. The standard InChI is InChI=1S/C13H19IN2O2/c14-11-4-6-12(7-5-11)18-10-1-3-13(17)16-9-2-8-15/h4-7H,1-3,8-10,15H2,(H,16,17). The third-order valence-corrected chi connectivity index (χ3v) is 3.05. The predicted molar refractivity (Wildman–Crippen MR) is 80.6 cm³/mol. The molecule has 1 rings (SSSR count). The summed E-state index contributed by atoms with van der Waals surface area (Å²) in [4.78, 5) is 11.4. The minimum Gasteiger partial charge on any atom is -0.494 e. The zero-order valence-corrected chi connectivity index (χ0v) is 12.5. The molecule has 1 aromatic rings. The van der Waals surface area contributed by atoms with Gasteiger partial charge in [0, 0.05) is 16.5 Å². The van der Waals surface area contributed by atoms with Gasteiger partial charge < -0.3 is 15.8 Å². The molecule has 0 fully saturated rings. The minimum atomic E-state index is 0.0645. The van der Waals surface area contributed by atoms with Gasteiger partial charge in [-0.1, -0.05) is 0 Å². The fraction of sp³-hybridized carbons (Fsp3) is 0.462. The molecule has 0 heterocycles. The summed E-state index contributed by atoms with van der Waals surface area (Å²) < 4.78 is 6.71. The minimum absolute atomic E-state index is 0.0645. The van der Waals surface area contributed by atoms with Crippen LogP contribution in [0.25, 0.3) is 0 Å². The van der Waals surface area contributed by atoms with E-state index in [1.807, 2.05) is 24.3 Å². The predicted octanol–water partition coefficient (Wildman–Crippen LogP) is 1.92. The second-order valence-electron chi connectivity index (χ2n) is 3.90. The first-order chi connectivity index (χ1) is 8.72. The molecule has 0 aliphatic rings. The number of carbonyl (C=O) groups is 1. The van der Waals surface area contributed by atoms with Crippen molar-refractivity contribution in [2.24, 2.45) is 5.73 Å². The van der Waals surface area contributed by atoms with E-state index in [1.54, 1.807) is 0 Å². The average Bonchev–Trinajstić information content (AvgIpc) is 2.37. The summed E-state index contributed by atoms with van der Waals surface area (Å²) in [5.41, 5.74) is 5.34. The fourth-order valence-electron chi connectivity index (χ4n) is 1.37. The van der Waals surface area contributed by atoms with Gasteiger partial charge in [0.25, 0.3) is 0 Å². The van der Waals surface area contributed by atoms with Gasteiger partial charge in [0.05, 0.1) is 6.61 Å². The quantitative estimate of drug-likeness (QED) is 0.549. The van der Waals surface area contributed by atoms with Crippen molar-refractivity contribution < 1.29 is 9.53 Å². The summed E-state index contributed by atoms with van der Waals surface area (Å²) in [7, 11) is 0. The van der Waals surface area contributed by atoms with Crippen molar-refractivity contribution in [1.82, 2.24) is 5.32 Å².